The van der Waals surface area contributed by atoms with Gasteiger partial charge in [-0.2, -0.15) is 0 Å². The molecule has 0 amide bonds. The zero-order valence-electron chi connectivity index (χ0n) is 17.2. The highest BCUT2D eigenvalue weighted by Gasteiger charge is 2.43. The van der Waals surface area contributed by atoms with Crippen LogP contribution in [0.25, 0.3) is 0 Å². The molecular formula is C18H33N5O3S. The Hall–Kier alpha value is -1.71. The van der Waals surface area contributed by atoms with E-state index >= 15 is 0 Å². The van der Waals surface area contributed by atoms with Crippen molar-refractivity contribution in [1.29, 1.82) is 0 Å². The average molecular weight is 400 g/mol. The third-order valence-electron chi connectivity index (χ3n) is 4.27. The monoisotopic (exact) mass is 399 g/mol. The van der Waals surface area contributed by atoms with Crippen molar-refractivity contribution in [2.24, 2.45) is 15.6 Å². The van der Waals surface area contributed by atoms with Crippen LogP contribution in [0.1, 0.15) is 34.6 Å². The van der Waals surface area contributed by atoms with Crippen LogP contribution in [0, 0.1) is 5.41 Å². The molecule has 8 nitrogen and oxygen atoms in total. The molecule has 154 valence electrons. The molecule has 0 spiro atoms. The first-order valence-electron chi connectivity index (χ1n) is 9.06. The summed E-state index contributed by atoms with van der Waals surface area (Å²) in [7, 11) is -1.39. The van der Waals surface area contributed by atoms with E-state index in [2.05, 4.69) is 27.7 Å². The lowest BCUT2D eigenvalue weighted by Gasteiger charge is -2.47. The summed E-state index contributed by atoms with van der Waals surface area (Å²) in [5.74, 6) is 0.813. The van der Waals surface area contributed by atoms with E-state index in [1.807, 2.05) is 19.9 Å². The predicted octanol–water partition coefficient (Wildman–Crippen LogP) is 1.70. The van der Waals surface area contributed by atoms with Gasteiger partial charge in [-0.25, -0.2) is 12.7 Å². The predicted molar refractivity (Wildman–Crippen MR) is 111 cm³/mol. The Morgan fingerprint density at radius 1 is 1.33 bits per heavy atom. The van der Waals surface area contributed by atoms with Crippen molar-refractivity contribution in [2.75, 3.05) is 39.0 Å². The minimum absolute atomic E-state index is 0.0360. The molecule has 1 aliphatic heterocycles. The van der Waals surface area contributed by atoms with Crippen LogP contribution in [0.15, 0.2) is 33.3 Å². The molecule has 0 aromatic heterocycles. The Kier molecular flexibility index (Phi) is 9.14. The molecule has 1 saturated heterocycles. The van der Waals surface area contributed by atoms with Gasteiger partial charge in [-0.05, 0) is 33.3 Å². The van der Waals surface area contributed by atoms with Crippen molar-refractivity contribution in [3.63, 3.8) is 0 Å². The molecule has 1 rings (SSSR count). The fourth-order valence-corrected chi connectivity index (χ4v) is 4.11. The van der Waals surface area contributed by atoms with E-state index in [0.717, 1.165) is 17.8 Å². The number of rotatable bonds is 11. The quantitative estimate of drug-likeness (QED) is 0.181. The molecule has 1 aliphatic rings. The number of oxime groups is 1. The van der Waals surface area contributed by atoms with Crippen LogP contribution in [0.3, 0.4) is 0 Å². The van der Waals surface area contributed by atoms with Gasteiger partial charge in [-0.15, -0.1) is 0 Å². The molecule has 27 heavy (non-hydrogen) atoms. The number of nitrogens with one attached hydrogen (secondary N) is 2. The highest BCUT2D eigenvalue weighted by molar-refractivity contribution is 7.89. The Balaban J connectivity index is 2.65. The summed E-state index contributed by atoms with van der Waals surface area (Å²) < 4.78 is 25.3. The maximum atomic E-state index is 11.9. The normalized spacial score (nSPS) is 19.3. The molecule has 0 unspecified atom stereocenters. The second-order valence-corrected chi connectivity index (χ2v) is 9.28. The smallest absolute Gasteiger partial charge is 0.213 e. The SMILES string of the molecule is C/C=N/O/C(C)=C/C(NC=NC)=C(\C)CNCC1(C)CN(S(=O)(=O)CC)C1. The minimum Gasteiger partial charge on any atom is -0.362 e. The summed E-state index contributed by atoms with van der Waals surface area (Å²) in [6.45, 7) is 11.9. The van der Waals surface area contributed by atoms with E-state index in [4.69, 9.17) is 4.84 Å². The van der Waals surface area contributed by atoms with Crippen molar-refractivity contribution in [1.82, 2.24) is 14.9 Å². The molecule has 0 bridgehead atoms. The number of nitrogens with zero attached hydrogens (tertiary/aromatic N) is 3. The van der Waals surface area contributed by atoms with Gasteiger partial charge in [-0.3, -0.25) is 4.99 Å². The van der Waals surface area contributed by atoms with E-state index in [1.54, 1.807) is 37.8 Å². The number of hydrogen-bond donors (Lipinski definition) is 2. The molecule has 0 atom stereocenters. The van der Waals surface area contributed by atoms with Crippen LogP contribution >= 0.6 is 0 Å². The number of allylic oxidation sites excluding steroid dienone is 2. The van der Waals surface area contributed by atoms with E-state index in [-0.39, 0.29) is 11.2 Å². The fourth-order valence-electron chi connectivity index (χ4n) is 2.73. The summed E-state index contributed by atoms with van der Waals surface area (Å²) in [4.78, 5) is 9.18. The lowest BCUT2D eigenvalue weighted by atomic mass is 9.84. The van der Waals surface area contributed by atoms with Crippen molar-refractivity contribution in [3.05, 3.63) is 23.1 Å². The Morgan fingerprint density at radius 3 is 2.56 bits per heavy atom. The second-order valence-electron chi connectivity index (χ2n) is 7.02. The molecule has 0 aromatic carbocycles. The van der Waals surface area contributed by atoms with Gasteiger partial charge in [0.2, 0.25) is 10.0 Å². The van der Waals surface area contributed by atoms with Gasteiger partial charge in [0.15, 0.2) is 0 Å². The van der Waals surface area contributed by atoms with Crippen LogP contribution in [0.4, 0.5) is 0 Å². The van der Waals surface area contributed by atoms with Gasteiger partial charge in [-0.1, -0.05) is 12.1 Å². The molecule has 0 aliphatic carbocycles. The van der Waals surface area contributed by atoms with Crippen molar-refractivity contribution < 1.29 is 13.3 Å². The average Bonchev–Trinajstić information content (AvgIpc) is 2.60. The lowest BCUT2D eigenvalue weighted by molar-refractivity contribution is 0.0904. The fraction of sp³-hybridized carbons (Fsp3) is 0.667. The lowest BCUT2D eigenvalue weighted by Crippen LogP contribution is -2.60. The molecule has 0 aromatic rings. The van der Waals surface area contributed by atoms with Gasteiger partial charge in [0.25, 0.3) is 0 Å². The van der Waals surface area contributed by atoms with Crippen LogP contribution < -0.4 is 10.6 Å². The summed E-state index contributed by atoms with van der Waals surface area (Å²) in [5.41, 5.74) is 1.93. The Bertz CT molecular complexity index is 705. The third kappa shape index (κ3) is 7.43. The van der Waals surface area contributed by atoms with Gasteiger partial charge in [0.1, 0.15) is 5.76 Å². The summed E-state index contributed by atoms with van der Waals surface area (Å²) >= 11 is 0. The topological polar surface area (TPSA) is 95.4 Å². The summed E-state index contributed by atoms with van der Waals surface area (Å²) in [6.07, 6.45) is 5.07. The van der Waals surface area contributed by atoms with Crippen molar-refractivity contribution in [3.8, 4) is 0 Å². The van der Waals surface area contributed by atoms with Crippen LogP contribution in [-0.4, -0.2) is 64.3 Å². The maximum absolute atomic E-state index is 11.9. The second kappa shape index (κ2) is 10.6. The van der Waals surface area contributed by atoms with E-state index < -0.39 is 10.0 Å². The molecule has 2 N–H and O–H groups in total. The highest BCUT2D eigenvalue weighted by Crippen LogP contribution is 2.31. The zero-order chi connectivity index (χ0) is 20.5. The number of aliphatic imine (C=N–C) groups is 1. The third-order valence-corrected chi connectivity index (χ3v) is 6.05. The molecule has 0 saturated carbocycles. The van der Waals surface area contributed by atoms with Crippen LogP contribution in [-0.2, 0) is 14.9 Å². The summed E-state index contributed by atoms with van der Waals surface area (Å²) in [6, 6.07) is 0. The largest absolute Gasteiger partial charge is 0.362 e. The zero-order valence-corrected chi connectivity index (χ0v) is 18.1. The Labute approximate surface area is 163 Å². The molecular weight excluding hydrogens is 366 g/mol. The van der Waals surface area contributed by atoms with Gasteiger partial charge in [0, 0.05) is 56.6 Å². The van der Waals surface area contributed by atoms with Crippen LogP contribution in [0.5, 0.6) is 0 Å². The van der Waals surface area contributed by atoms with Gasteiger partial charge >= 0.3 is 0 Å². The Morgan fingerprint density at radius 2 is 2.00 bits per heavy atom. The first-order chi connectivity index (χ1) is 12.7. The van der Waals surface area contributed by atoms with Gasteiger partial charge in [0.05, 0.1) is 12.1 Å². The molecule has 1 fully saturated rings. The molecule has 9 heteroatoms. The highest BCUT2D eigenvalue weighted by atomic mass is 32.2. The standard InChI is InChI=1S/C18H33N5O3S/c1-7-22-26-16(4)9-17(21-14-19-6)15(3)10-20-11-18(5)12-23(13-18)27(24,25)8-2/h7,9,14,20H,8,10-13H2,1-6H3,(H,19,21)/b16-9+,17-15-,22-7+. The minimum atomic E-state index is -3.08. The first-order valence-corrected chi connectivity index (χ1v) is 10.7. The molecule has 1 heterocycles. The maximum Gasteiger partial charge on any atom is 0.213 e. The van der Waals surface area contributed by atoms with E-state index in [9.17, 15) is 8.42 Å². The van der Waals surface area contributed by atoms with E-state index in [1.165, 1.54) is 0 Å². The summed E-state index contributed by atoms with van der Waals surface area (Å²) in [5, 5.41) is 10.3. The van der Waals surface area contributed by atoms with Gasteiger partial charge < -0.3 is 15.5 Å². The van der Waals surface area contributed by atoms with Crippen molar-refractivity contribution >= 4 is 22.6 Å². The first kappa shape index (κ1) is 23.3. The number of sulfonamides is 1. The van der Waals surface area contributed by atoms with Crippen LogP contribution in [0.2, 0.25) is 0 Å². The van der Waals surface area contributed by atoms with E-state index in [0.29, 0.717) is 25.4 Å². The number of hydrogen-bond acceptors (Lipinski definition) is 6. The van der Waals surface area contributed by atoms with Crippen molar-refractivity contribution in [2.45, 2.75) is 34.6 Å². The molecule has 0 radical (unpaired) electrons.